The first kappa shape index (κ1) is 7.30. The SMILES string of the molecule is Clc1ccn2nc(I)nc2c1. The minimum Gasteiger partial charge on any atom is -0.220 e. The number of hydrogen-bond acceptors (Lipinski definition) is 2. The number of hydrogen-bond donors (Lipinski definition) is 0. The van der Waals surface area contributed by atoms with E-state index in [1.165, 1.54) is 0 Å². The smallest absolute Gasteiger partial charge is 0.212 e. The van der Waals surface area contributed by atoms with Gasteiger partial charge in [-0.05, 0) is 6.07 Å². The van der Waals surface area contributed by atoms with E-state index in [9.17, 15) is 0 Å². The van der Waals surface area contributed by atoms with Gasteiger partial charge in [-0.25, -0.2) is 9.50 Å². The fourth-order valence-electron chi connectivity index (χ4n) is 0.830. The molecule has 0 spiro atoms. The Kier molecular flexibility index (Phi) is 1.72. The maximum Gasteiger partial charge on any atom is 0.212 e. The van der Waals surface area contributed by atoms with Crippen LogP contribution >= 0.6 is 34.2 Å². The van der Waals surface area contributed by atoms with Gasteiger partial charge in [0.2, 0.25) is 3.83 Å². The summed E-state index contributed by atoms with van der Waals surface area (Å²) in [6.07, 6.45) is 1.78. The summed E-state index contributed by atoms with van der Waals surface area (Å²) in [5.41, 5.74) is 0.780. The third kappa shape index (κ3) is 1.32. The van der Waals surface area contributed by atoms with Gasteiger partial charge in [0.15, 0.2) is 5.65 Å². The van der Waals surface area contributed by atoms with Crippen LogP contribution in [0.2, 0.25) is 5.02 Å². The third-order valence-corrected chi connectivity index (χ3v) is 1.97. The lowest BCUT2D eigenvalue weighted by atomic mass is 10.5. The lowest BCUT2D eigenvalue weighted by molar-refractivity contribution is 0.944. The van der Waals surface area contributed by atoms with Gasteiger partial charge in [0.1, 0.15) is 0 Å². The monoisotopic (exact) mass is 279 g/mol. The molecular weight excluding hydrogens is 276 g/mol. The molecule has 0 saturated carbocycles. The number of halogens is 2. The molecule has 2 aromatic heterocycles. The quantitative estimate of drug-likeness (QED) is 0.690. The van der Waals surface area contributed by atoms with Crippen molar-refractivity contribution in [1.82, 2.24) is 14.6 Å². The van der Waals surface area contributed by atoms with Crippen molar-refractivity contribution in [3.63, 3.8) is 0 Å². The van der Waals surface area contributed by atoms with E-state index in [4.69, 9.17) is 11.6 Å². The highest BCUT2D eigenvalue weighted by atomic mass is 127. The second kappa shape index (κ2) is 2.60. The Balaban J connectivity index is 2.82. The van der Waals surface area contributed by atoms with Crippen molar-refractivity contribution in [1.29, 1.82) is 0 Å². The van der Waals surface area contributed by atoms with Crippen LogP contribution in [-0.2, 0) is 0 Å². The molecular formula is C6H3ClIN3. The summed E-state index contributed by atoms with van der Waals surface area (Å²) in [6.45, 7) is 0. The van der Waals surface area contributed by atoms with Crippen LogP contribution in [0.15, 0.2) is 18.3 Å². The normalized spacial score (nSPS) is 10.7. The molecule has 0 aliphatic rings. The molecule has 0 aromatic carbocycles. The average molecular weight is 279 g/mol. The first-order chi connectivity index (χ1) is 5.25. The highest BCUT2D eigenvalue weighted by molar-refractivity contribution is 14.1. The molecule has 3 nitrogen and oxygen atoms in total. The molecule has 0 aliphatic carbocycles. The van der Waals surface area contributed by atoms with E-state index in [2.05, 4.69) is 32.7 Å². The molecule has 2 aromatic rings. The van der Waals surface area contributed by atoms with Gasteiger partial charge in [-0.3, -0.25) is 0 Å². The molecule has 0 saturated heterocycles. The van der Waals surface area contributed by atoms with Crippen molar-refractivity contribution in [2.24, 2.45) is 0 Å². The van der Waals surface area contributed by atoms with Gasteiger partial charge in [0.25, 0.3) is 0 Å². The van der Waals surface area contributed by atoms with Crippen molar-refractivity contribution in [2.45, 2.75) is 0 Å². The number of aromatic nitrogens is 3. The van der Waals surface area contributed by atoms with Crippen LogP contribution in [-0.4, -0.2) is 14.6 Å². The van der Waals surface area contributed by atoms with Crippen molar-refractivity contribution in [2.75, 3.05) is 0 Å². The zero-order valence-electron chi connectivity index (χ0n) is 5.33. The summed E-state index contributed by atoms with van der Waals surface area (Å²) >= 11 is 7.80. The summed E-state index contributed by atoms with van der Waals surface area (Å²) in [6, 6.07) is 3.55. The van der Waals surface area contributed by atoms with Crippen LogP contribution < -0.4 is 0 Å². The predicted octanol–water partition coefficient (Wildman–Crippen LogP) is 1.99. The van der Waals surface area contributed by atoms with Gasteiger partial charge in [-0.2, -0.15) is 0 Å². The molecule has 0 amide bonds. The molecule has 2 heterocycles. The average Bonchev–Trinajstić information content (AvgIpc) is 2.27. The molecule has 11 heavy (non-hydrogen) atoms. The number of rotatable bonds is 0. The zero-order valence-corrected chi connectivity index (χ0v) is 8.24. The van der Waals surface area contributed by atoms with Crippen LogP contribution in [0.1, 0.15) is 0 Å². The first-order valence-corrected chi connectivity index (χ1v) is 4.39. The molecule has 0 fully saturated rings. The van der Waals surface area contributed by atoms with Gasteiger partial charge in [-0.1, -0.05) is 11.6 Å². The van der Waals surface area contributed by atoms with E-state index in [-0.39, 0.29) is 0 Å². The van der Waals surface area contributed by atoms with Crippen LogP contribution in [0.25, 0.3) is 5.65 Å². The Morgan fingerprint density at radius 2 is 2.36 bits per heavy atom. The van der Waals surface area contributed by atoms with Crippen LogP contribution in [0.5, 0.6) is 0 Å². The summed E-state index contributed by atoms with van der Waals surface area (Å²) in [5, 5.41) is 4.77. The van der Waals surface area contributed by atoms with Gasteiger partial charge in [-0.15, -0.1) is 5.10 Å². The fraction of sp³-hybridized carbons (Fsp3) is 0. The minimum absolute atomic E-state index is 0.682. The fourth-order valence-corrected chi connectivity index (χ4v) is 1.46. The lowest BCUT2D eigenvalue weighted by Gasteiger charge is -1.89. The van der Waals surface area contributed by atoms with Crippen LogP contribution in [0, 0.1) is 3.83 Å². The van der Waals surface area contributed by atoms with Crippen LogP contribution in [0.3, 0.4) is 0 Å². The second-order valence-corrected chi connectivity index (χ2v) is 3.43. The number of pyridine rings is 1. The Labute approximate surface area is 81.5 Å². The van der Waals surface area contributed by atoms with Gasteiger partial charge >= 0.3 is 0 Å². The molecule has 0 radical (unpaired) electrons. The molecule has 0 aliphatic heterocycles. The highest BCUT2D eigenvalue weighted by Gasteiger charge is 1.98. The maximum absolute atomic E-state index is 5.74. The maximum atomic E-state index is 5.74. The molecule has 0 unspecified atom stereocenters. The van der Waals surface area contributed by atoms with E-state index in [1.807, 2.05) is 0 Å². The van der Waals surface area contributed by atoms with E-state index < -0.39 is 0 Å². The Morgan fingerprint density at radius 3 is 3.18 bits per heavy atom. The standard InChI is InChI=1S/C6H3ClIN3/c7-4-1-2-11-5(3-4)9-6(8)10-11/h1-3H. The summed E-state index contributed by atoms with van der Waals surface area (Å²) < 4.78 is 2.41. The van der Waals surface area contributed by atoms with E-state index in [1.54, 1.807) is 22.8 Å². The van der Waals surface area contributed by atoms with Gasteiger partial charge < -0.3 is 0 Å². The Bertz CT molecular complexity index is 398. The minimum atomic E-state index is 0.682. The highest BCUT2D eigenvalue weighted by Crippen LogP contribution is 2.10. The second-order valence-electron chi connectivity index (χ2n) is 2.03. The topological polar surface area (TPSA) is 30.2 Å². The van der Waals surface area contributed by atoms with Gasteiger partial charge in [0.05, 0.1) is 0 Å². The summed E-state index contributed by atoms with van der Waals surface area (Å²) in [7, 11) is 0. The van der Waals surface area contributed by atoms with Crippen molar-refractivity contribution in [3.05, 3.63) is 27.2 Å². The Morgan fingerprint density at radius 1 is 1.55 bits per heavy atom. The predicted molar refractivity (Wildman–Crippen MR) is 50.7 cm³/mol. The van der Waals surface area contributed by atoms with Crippen molar-refractivity contribution < 1.29 is 0 Å². The molecule has 5 heteroatoms. The first-order valence-electron chi connectivity index (χ1n) is 2.93. The van der Waals surface area contributed by atoms with E-state index >= 15 is 0 Å². The lowest BCUT2D eigenvalue weighted by Crippen LogP contribution is -1.84. The molecule has 0 N–H and O–H groups in total. The summed E-state index contributed by atoms with van der Waals surface area (Å²) in [4.78, 5) is 4.13. The number of fused-ring (bicyclic) bond motifs is 1. The molecule has 0 atom stereocenters. The van der Waals surface area contributed by atoms with Crippen molar-refractivity contribution >= 4 is 39.8 Å². The summed E-state index contributed by atoms with van der Waals surface area (Å²) in [5.74, 6) is 0. The molecule has 56 valence electrons. The van der Waals surface area contributed by atoms with Gasteiger partial charge in [0, 0.05) is 39.9 Å². The van der Waals surface area contributed by atoms with E-state index in [0.29, 0.717) is 5.02 Å². The largest absolute Gasteiger partial charge is 0.220 e. The van der Waals surface area contributed by atoms with Crippen molar-refractivity contribution in [3.8, 4) is 0 Å². The van der Waals surface area contributed by atoms with Crippen LogP contribution in [0.4, 0.5) is 0 Å². The Hall–Kier alpha value is -0.360. The zero-order chi connectivity index (χ0) is 7.84. The molecule has 0 bridgehead atoms. The van der Waals surface area contributed by atoms with E-state index in [0.717, 1.165) is 9.48 Å². The third-order valence-electron chi connectivity index (χ3n) is 1.27. The number of nitrogens with zero attached hydrogens (tertiary/aromatic N) is 3. The molecule has 2 rings (SSSR count).